The van der Waals surface area contributed by atoms with Crippen LogP contribution < -0.4 is 18.9 Å². The fraction of sp³-hybridized carbons (Fsp3) is 0.241. The molecule has 0 radical (unpaired) electrons. The molecular formula is C29H29NO7. The zero-order valence-corrected chi connectivity index (χ0v) is 21.2. The molecule has 8 heteroatoms. The number of para-hydroxylation sites is 1. The molecule has 8 nitrogen and oxygen atoms in total. The average Bonchev–Trinajstić information content (AvgIpc) is 3.17. The second-order valence-corrected chi connectivity index (χ2v) is 8.31. The highest BCUT2D eigenvalue weighted by molar-refractivity contribution is 6.46. The van der Waals surface area contributed by atoms with Crippen molar-refractivity contribution < 1.29 is 33.6 Å². The smallest absolute Gasteiger partial charge is 0.295 e. The zero-order chi connectivity index (χ0) is 26.5. The van der Waals surface area contributed by atoms with E-state index >= 15 is 0 Å². The molecule has 1 atom stereocenters. The Morgan fingerprint density at radius 3 is 2.30 bits per heavy atom. The molecule has 192 valence electrons. The number of likely N-dealkylation sites (tertiary alicyclic amines) is 1. The average molecular weight is 504 g/mol. The van der Waals surface area contributed by atoms with Gasteiger partial charge < -0.3 is 29.0 Å². The maximum atomic E-state index is 13.4. The number of benzene rings is 3. The number of carbonyl (C=O) groups is 2. The van der Waals surface area contributed by atoms with E-state index in [1.807, 2.05) is 25.1 Å². The standard InChI is InChI=1S/C29H29NO7/c1-5-37-21-11-8-10-18(15-21)26-25(27(31)19-13-14-23(35-3)24(16-19)36-4)28(32)29(33)30(26)17-20-9-6-7-12-22(20)34-2/h6-16,26,31H,5,17H2,1-4H3/b27-25+. The second-order valence-electron chi connectivity index (χ2n) is 8.31. The summed E-state index contributed by atoms with van der Waals surface area (Å²) in [4.78, 5) is 28.2. The van der Waals surface area contributed by atoms with Crippen LogP contribution in [0.3, 0.4) is 0 Å². The number of Topliss-reactive ketones (excluding diaryl/α,β-unsaturated/α-hetero) is 1. The third-order valence-corrected chi connectivity index (χ3v) is 6.21. The number of carbonyl (C=O) groups excluding carboxylic acids is 2. The van der Waals surface area contributed by atoms with Gasteiger partial charge in [-0.1, -0.05) is 30.3 Å². The number of methoxy groups -OCH3 is 3. The summed E-state index contributed by atoms with van der Waals surface area (Å²) in [5.74, 6) is 0.212. The fourth-order valence-electron chi connectivity index (χ4n) is 4.49. The van der Waals surface area contributed by atoms with Crippen molar-refractivity contribution in [3.8, 4) is 23.0 Å². The van der Waals surface area contributed by atoms with Gasteiger partial charge in [0.25, 0.3) is 11.7 Å². The van der Waals surface area contributed by atoms with Crippen molar-refractivity contribution in [2.75, 3.05) is 27.9 Å². The predicted molar refractivity (Wildman–Crippen MR) is 138 cm³/mol. The Balaban J connectivity index is 1.89. The number of ketones is 1. The van der Waals surface area contributed by atoms with Crippen LogP contribution in [0.5, 0.6) is 23.0 Å². The molecule has 37 heavy (non-hydrogen) atoms. The predicted octanol–water partition coefficient (Wildman–Crippen LogP) is 4.73. The number of nitrogens with zero attached hydrogens (tertiary/aromatic N) is 1. The van der Waals surface area contributed by atoms with Crippen molar-refractivity contribution in [2.45, 2.75) is 19.5 Å². The molecule has 3 aromatic rings. The Bertz CT molecular complexity index is 1350. The largest absolute Gasteiger partial charge is 0.507 e. The lowest BCUT2D eigenvalue weighted by Gasteiger charge is -2.26. The summed E-state index contributed by atoms with van der Waals surface area (Å²) in [7, 11) is 4.53. The lowest BCUT2D eigenvalue weighted by Crippen LogP contribution is -2.29. The molecule has 1 N–H and O–H groups in total. The molecule has 1 aliphatic rings. The molecule has 1 fully saturated rings. The van der Waals surface area contributed by atoms with Crippen molar-refractivity contribution in [1.82, 2.24) is 4.90 Å². The number of ether oxygens (including phenoxy) is 4. The Kier molecular flexibility index (Phi) is 7.67. The SMILES string of the molecule is CCOc1cccc(C2/C(=C(\O)c3ccc(OC)c(OC)c3)C(=O)C(=O)N2Cc2ccccc2OC)c1. The monoisotopic (exact) mass is 503 g/mol. The van der Waals surface area contributed by atoms with Crippen LogP contribution in [-0.4, -0.2) is 49.6 Å². The van der Waals surface area contributed by atoms with Gasteiger partial charge in [-0.25, -0.2) is 0 Å². The van der Waals surface area contributed by atoms with Crippen LogP contribution in [-0.2, 0) is 16.1 Å². The number of amides is 1. The minimum Gasteiger partial charge on any atom is -0.507 e. The first kappa shape index (κ1) is 25.6. The molecule has 4 rings (SSSR count). The maximum absolute atomic E-state index is 13.4. The van der Waals surface area contributed by atoms with E-state index in [0.717, 1.165) is 5.56 Å². The van der Waals surface area contributed by atoms with E-state index < -0.39 is 17.7 Å². The molecule has 1 amide bonds. The molecule has 3 aromatic carbocycles. The molecule has 0 saturated carbocycles. The summed E-state index contributed by atoms with van der Waals surface area (Å²) >= 11 is 0. The molecule has 0 aliphatic carbocycles. The van der Waals surface area contributed by atoms with Crippen LogP contribution in [0.15, 0.2) is 72.3 Å². The van der Waals surface area contributed by atoms with Gasteiger partial charge in [-0.15, -0.1) is 0 Å². The van der Waals surface area contributed by atoms with E-state index in [9.17, 15) is 14.7 Å². The van der Waals surface area contributed by atoms with Gasteiger partial charge >= 0.3 is 0 Å². The number of rotatable bonds is 9. The molecule has 1 aliphatic heterocycles. The minimum absolute atomic E-state index is 0.0271. The van der Waals surface area contributed by atoms with Gasteiger partial charge in [-0.3, -0.25) is 9.59 Å². The lowest BCUT2D eigenvalue weighted by molar-refractivity contribution is -0.140. The normalized spacial score (nSPS) is 16.5. The van der Waals surface area contributed by atoms with Gasteiger partial charge in [-0.05, 0) is 48.9 Å². The molecule has 1 unspecified atom stereocenters. The van der Waals surface area contributed by atoms with Crippen LogP contribution in [0.25, 0.3) is 5.76 Å². The van der Waals surface area contributed by atoms with Crippen LogP contribution in [0.4, 0.5) is 0 Å². The van der Waals surface area contributed by atoms with Gasteiger partial charge in [0.2, 0.25) is 0 Å². The highest BCUT2D eigenvalue weighted by Gasteiger charge is 2.46. The Hall–Kier alpha value is -4.46. The molecular weight excluding hydrogens is 474 g/mol. The first-order valence-electron chi connectivity index (χ1n) is 11.8. The number of aliphatic hydroxyl groups is 1. The van der Waals surface area contributed by atoms with Gasteiger partial charge in [0.05, 0.1) is 46.1 Å². The van der Waals surface area contributed by atoms with E-state index in [4.69, 9.17) is 18.9 Å². The Labute approximate surface area is 215 Å². The van der Waals surface area contributed by atoms with E-state index in [-0.39, 0.29) is 17.9 Å². The third kappa shape index (κ3) is 4.95. The molecule has 0 spiro atoms. The van der Waals surface area contributed by atoms with Crippen LogP contribution >= 0.6 is 0 Å². The highest BCUT2D eigenvalue weighted by atomic mass is 16.5. The molecule has 1 heterocycles. The zero-order valence-electron chi connectivity index (χ0n) is 21.2. The maximum Gasteiger partial charge on any atom is 0.295 e. The number of aliphatic hydroxyl groups excluding tert-OH is 1. The number of hydrogen-bond donors (Lipinski definition) is 1. The second kappa shape index (κ2) is 11.1. The number of hydrogen-bond acceptors (Lipinski definition) is 7. The van der Waals surface area contributed by atoms with Gasteiger partial charge in [0.15, 0.2) is 11.5 Å². The quantitative estimate of drug-likeness (QED) is 0.256. The summed E-state index contributed by atoms with van der Waals surface area (Å²) in [6.45, 7) is 2.43. The van der Waals surface area contributed by atoms with Crippen molar-refractivity contribution >= 4 is 17.4 Å². The van der Waals surface area contributed by atoms with Crippen molar-refractivity contribution in [1.29, 1.82) is 0 Å². The van der Waals surface area contributed by atoms with Gasteiger partial charge in [0.1, 0.15) is 17.3 Å². The fourth-order valence-corrected chi connectivity index (χ4v) is 4.49. The van der Waals surface area contributed by atoms with Gasteiger partial charge in [-0.2, -0.15) is 0 Å². The summed E-state index contributed by atoms with van der Waals surface area (Å²) < 4.78 is 21.8. The summed E-state index contributed by atoms with van der Waals surface area (Å²) in [6.07, 6.45) is 0. The van der Waals surface area contributed by atoms with E-state index in [1.165, 1.54) is 19.1 Å². The summed E-state index contributed by atoms with van der Waals surface area (Å²) in [6, 6.07) is 18.4. The van der Waals surface area contributed by atoms with Gasteiger partial charge in [0, 0.05) is 11.1 Å². The Morgan fingerprint density at radius 2 is 1.59 bits per heavy atom. The van der Waals surface area contributed by atoms with Crippen molar-refractivity contribution in [3.63, 3.8) is 0 Å². The van der Waals surface area contributed by atoms with E-state index in [2.05, 4.69) is 0 Å². The van der Waals surface area contributed by atoms with E-state index in [1.54, 1.807) is 55.6 Å². The van der Waals surface area contributed by atoms with Crippen molar-refractivity contribution in [2.24, 2.45) is 0 Å². The first-order chi connectivity index (χ1) is 17.9. The third-order valence-electron chi connectivity index (χ3n) is 6.21. The van der Waals surface area contributed by atoms with Crippen molar-refractivity contribution in [3.05, 3.63) is 89.0 Å². The summed E-state index contributed by atoms with van der Waals surface area (Å²) in [5, 5.41) is 11.4. The van der Waals surface area contributed by atoms with E-state index in [0.29, 0.717) is 40.7 Å². The summed E-state index contributed by atoms with van der Waals surface area (Å²) in [5.41, 5.74) is 1.64. The van der Waals surface area contributed by atoms with Crippen LogP contribution in [0.2, 0.25) is 0 Å². The first-order valence-corrected chi connectivity index (χ1v) is 11.8. The lowest BCUT2D eigenvalue weighted by atomic mass is 9.94. The molecule has 1 saturated heterocycles. The molecule has 0 aromatic heterocycles. The van der Waals surface area contributed by atoms with Crippen LogP contribution in [0.1, 0.15) is 29.7 Å². The topological polar surface area (TPSA) is 94.5 Å². The highest BCUT2D eigenvalue weighted by Crippen LogP contribution is 2.42. The molecule has 0 bridgehead atoms. The van der Waals surface area contributed by atoms with Crippen LogP contribution in [0, 0.1) is 0 Å². The minimum atomic E-state index is -0.863. The Morgan fingerprint density at radius 1 is 0.865 bits per heavy atom.